The Balaban J connectivity index is 4.46. The molecule has 0 bridgehead atoms. The van der Waals surface area contributed by atoms with E-state index < -0.39 is 26.5 Å². The fourth-order valence-electron chi connectivity index (χ4n) is 4.83. The van der Waals surface area contributed by atoms with Crippen LogP contribution < -0.4 is 0 Å². The lowest BCUT2D eigenvalue weighted by Gasteiger charge is -2.24. The van der Waals surface area contributed by atoms with Gasteiger partial charge in [-0.1, -0.05) is 116 Å². The predicted molar refractivity (Wildman–Crippen MR) is 188 cm³/mol. The molecule has 0 rings (SSSR count). The van der Waals surface area contributed by atoms with E-state index in [1.807, 2.05) is 21.1 Å². The Morgan fingerprint density at radius 1 is 0.652 bits per heavy atom. The fourth-order valence-corrected chi connectivity index (χ4v) is 5.57. The van der Waals surface area contributed by atoms with Crippen molar-refractivity contribution in [3.63, 3.8) is 0 Å². The molecular formula is C36H71NO8P+. The molecule has 0 saturated carbocycles. The third-order valence-electron chi connectivity index (χ3n) is 7.80. The summed E-state index contributed by atoms with van der Waals surface area (Å²) >= 11 is 0. The Labute approximate surface area is 282 Å². The SMILES string of the molecule is CCCCC/C=C/CCCCCCCC(=O)OC[C@H](COP(=O)(O)OCC[N+](C)(C)C)OC(=O)CCCCCCCCCCCC. The number of phosphoric acid groups is 1. The quantitative estimate of drug-likeness (QED) is 0.0241. The Kier molecular flexibility index (Phi) is 29.0. The number of hydrogen-bond acceptors (Lipinski definition) is 7. The molecule has 9 nitrogen and oxygen atoms in total. The number of unbranched alkanes of at least 4 members (excludes halogenated alkanes) is 17. The molecule has 0 aliphatic heterocycles. The van der Waals surface area contributed by atoms with Crippen molar-refractivity contribution in [3.8, 4) is 0 Å². The van der Waals surface area contributed by atoms with E-state index in [1.54, 1.807) is 0 Å². The van der Waals surface area contributed by atoms with E-state index in [0.717, 1.165) is 51.4 Å². The van der Waals surface area contributed by atoms with Crippen LogP contribution in [0.5, 0.6) is 0 Å². The Hall–Kier alpha value is -1.25. The van der Waals surface area contributed by atoms with Gasteiger partial charge in [0.25, 0.3) is 0 Å². The minimum Gasteiger partial charge on any atom is -0.462 e. The smallest absolute Gasteiger partial charge is 0.462 e. The number of hydrogen-bond donors (Lipinski definition) is 1. The summed E-state index contributed by atoms with van der Waals surface area (Å²) in [5, 5.41) is 0. The zero-order valence-corrected chi connectivity index (χ0v) is 31.2. The molecule has 0 amide bonds. The van der Waals surface area contributed by atoms with Crippen molar-refractivity contribution >= 4 is 19.8 Å². The van der Waals surface area contributed by atoms with Crippen molar-refractivity contribution in [1.82, 2.24) is 0 Å². The summed E-state index contributed by atoms with van der Waals surface area (Å²) in [6.45, 7) is 4.36. The maximum absolute atomic E-state index is 12.6. The second-order valence-corrected chi connectivity index (χ2v) is 15.1. The summed E-state index contributed by atoms with van der Waals surface area (Å²) in [5.74, 6) is -0.809. The maximum atomic E-state index is 12.6. The molecule has 0 aromatic heterocycles. The van der Waals surface area contributed by atoms with E-state index >= 15 is 0 Å². The first-order chi connectivity index (χ1) is 22.0. The van der Waals surface area contributed by atoms with Crippen molar-refractivity contribution in [2.75, 3.05) is 47.5 Å². The first-order valence-electron chi connectivity index (χ1n) is 18.4. The Morgan fingerprint density at radius 2 is 1.11 bits per heavy atom. The molecular weight excluding hydrogens is 605 g/mol. The predicted octanol–water partition coefficient (Wildman–Crippen LogP) is 9.46. The zero-order valence-electron chi connectivity index (χ0n) is 30.3. The molecule has 0 spiro atoms. The number of likely N-dealkylation sites (N-methyl/N-ethyl adjacent to an activating group) is 1. The van der Waals surface area contributed by atoms with Gasteiger partial charge in [-0.3, -0.25) is 18.6 Å². The highest BCUT2D eigenvalue weighted by Gasteiger charge is 2.27. The van der Waals surface area contributed by atoms with Gasteiger partial charge in [-0.2, -0.15) is 0 Å². The largest absolute Gasteiger partial charge is 0.472 e. The lowest BCUT2D eigenvalue weighted by atomic mass is 10.1. The lowest BCUT2D eigenvalue weighted by molar-refractivity contribution is -0.870. The molecule has 1 N–H and O–H groups in total. The number of allylic oxidation sites excluding steroid dienone is 2. The highest BCUT2D eigenvalue weighted by Crippen LogP contribution is 2.43. The van der Waals surface area contributed by atoms with Crippen molar-refractivity contribution in [3.05, 3.63) is 12.2 Å². The normalized spacial score (nSPS) is 14.0. The average Bonchev–Trinajstić information content (AvgIpc) is 2.99. The lowest BCUT2D eigenvalue weighted by Crippen LogP contribution is -2.37. The number of ether oxygens (including phenoxy) is 2. The molecule has 10 heteroatoms. The summed E-state index contributed by atoms with van der Waals surface area (Å²) in [5.41, 5.74) is 0. The van der Waals surface area contributed by atoms with Gasteiger partial charge in [-0.15, -0.1) is 0 Å². The van der Waals surface area contributed by atoms with Crippen LogP contribution in [0, 0.1) is 0 Å². The van der Waals surface area contributed by atoms with E-state index in [0.29, 0.717) is 17.4 Å². The number of esters is 2. The van der Waals surface area contributed by atoms with Crippen LogP contribution in [0.2, 0.25) is 0 Å². The van der Waals surface area contributed by atoms with Gasteiger partial charge in [0.1, 0.15) is 19.8 Å². The molecule has 2 atom stereocenters. The molecule has 0 radical (unpaired) electrons. The van der Waals surface area contributed by atoms with E-state index in [9.17, 15) is 19.0 Å². The molecule has 0 fully saturated rings. The van der Waals surface area contributed by atoms with E-state index in [4.69, 9.17) is 18.5 Å². The van der Waals surface area contributed by atoms with Gasteiger partial charge in [0, 0.05) is 12.8 Å². The number of carbonyl (C=O) groups excluding carboxylic acids is 2. The number of phosphoric ester groups is 1. The van der Waals surface area contributed by atoms with Crippen LogP contribution in [0.3, 0.4) is 0 Å². The highest BCUT2D eigenvalue weighted by atomic mass is 31.2. The standard InChI is InChI=1S/C36H70NO8P/c1-6-8-10-12-14-16-18-19-21-22-24-26-28-35(38)42-32-34(33-44-46(40,41)43-31-30-37(3,4)5)45-36(39)29-27-25-23-20-17-15-13-11-9-7-2/h14,16,34H,6-13,15,17-33H2,1-5H3/p+1/b16-14+/t34-/m1/s1. The van der Waals surface area contributed by atoms with Crippen molar-refractivity contribution in [2.45, 2.75) is 161 Å². The molecule has 0 aromatic rings. The van der Waals surface area contributed by atoms with Crippen LogP contribution in [0.25, 0.3) is 0 Å². The van der Waals surface area contributed by atoms with Crippen LogP contribution in [-0.2, 0) is 32.7 Å². The summed E-state index contributed by atoms with van der Waals surface area (Å²) in [6, 6.07) is 0. The minimum atomic E-state index is -4.36. The van der Waals surface area contributed by atoms with Gasteiger partial charge in [-0.25, -0.2) is 4.57 Å². The average molecular weight is 677 g/mol. The summed E-state index contributed by atoms with van der Waals surface area (Å²) in [6.07, 6.45) is 26.9. The molecule has 1 unspecified atom stereocenters. The maximum Gasteiger partial charge on any atom is 0.472 e. The van der Waals surface area contributed by atoms with Crippen LogP contribution in [0.15, 0.2) is 12.2 Å². The van der Waals surface area contributed by atoms with Gasteiger partial charge in [0.2, 0.25) is 0 Å². The van der Waals surface area contributed by atoms with Crippen LogP contribution in [-0.4, -0.2) is 74.9 Å². The summed E-state index contributed by atoms with van der Waals surface area (Å²) in [4.78, 5) is 35.0. The van der Waals surface area contributed by atoms with E-state index in [-0.39, 0.29) is 32.0 Å². The minimum absolute atomic E-state index is 0.0329. The fraction of sp³-hybridized carbons (Fsp3) is 0.889. The molecule has 272 valence electrons. The van der Waals surface area contributed by atoms with Gasteiger partial charge < -0.3 is 18.9 Å². The highest BCUT2D eigenvalue weighted by molar-refractivity contribution is 7.47. The van der Waals surface area contributed by atoms with E-state index in [1.165, 1.54) is 70.6 Å². The summed E-state index contributed by atoms with van der Waals surface area (Å²) in [7, 11) is 1.47. The molecule has 0 heterocycles. The Morgan fingerprint density at radius 3 is 1.65 bits per heavy atom. The van der Waals surface area contributed by atoms with E-state index in [2.05, 4.69) is 26.0 Å². The van der Waals surface area contributed by atoms with Gasteiger partial charge >= 0.3 is 19.8 Å². The monoisotopic (exact) mass is 676 g/mol. The molecule has 0 aromatic carbocycles. The Bertz CT molecular complexity index is 814. The van der Waals surface area contributed by atoms with Gasteiger partial charge in [0.15, 0.2) is 6.10 Å². The van der Waals surface area contributed by atoms with Crippen LogP contribution in [0.1, 0.15) is 155 Å². The third kappa shape index (κ3) is 32.7. The number of rotatable bonds is 33. The molecule has 46 heavy (non-hydrogen) atoms. The third-order valence-corrected chi connectivity index (χ3v) is 8.78. The molecule has 0 aliphatic carbocycles. The topological polar surface area (TPSA) is 108 Å². The molecule has 0 saturated heterocycles. The summed E-state index contributed by atoms with van der Waals surface area (Å²) < 4.78 is 34.1. The zero-order chi connectivity index (χ0) is 34.4. The second kappa shape index (κ2) is 29.9. The van der Waals surface area contributed by atoms with Gasteiger partial charge in [-0.05, 0) is 38.5 Å². The van der Waals surface area contributed by atoms with Crippen molar-refractivity contribution in [2.24, 2.45) is 0 Å². The van der Waals surface area contributed by atoms with Crippen molar-refractivity contribution in [1.29, 1.82) is 0 Å². The number of quaternary nitrogens is 1. The van der Waals surface area contributed by atoms with Crippen LogP contribution >= 0.6 is 7.82 Å². The number of carbonyl (C=O) groups is 2. The first kappa shape index (κ1) is 44.8. The van der Waals surface area contributed by atoms with Crippen molar-refractivity contribution < 1.29 is 42.1 Å². The number of nitrogens with zero attached hydrogens (tertiary/aromatic N) is 1. The second-order valence-electron chi connectivity index (χ2n) is 13.6. The first-order valence-corrected chi connectivity index (χ1v) is 19.9. The molecule has 0 aliphatic rings. The van der Waals surface area contributed by atoms with Crippen LogP contribution in [0.4, 0.5) is 0 Å². The van der Waals surface area contributed by atoms with Gasteiger partial charge in [0.05, 0.1) is 27.7 Å².